The highest BCUT2D eigenvalue weighted by Gasteiger charge is 2.59. The second-order valence-electron chi connectivity index (χ2n) is 7.57. The molecule has 1 aromatic carbocycles. The summed E-state index contributed by atoms with van der Waals surface area (Å²) in [5.41, 5.74) is 2.71. The second-order valence-corrected chi connectivity index (χ2v) is 8.39. The summed E-state index contributed by atoms with van der Waals surface area (Å²) < 4.78 is 0. The zero-order valence-corrected chi connectivity index (χ0v) is 14.2. The first-order valence-corrected chi connectivity index (χ1v) is 8.22. The Morgan fingerprint density at radius 1 is 1.15 bits per heavy atom. The molecule has 0 spiro atoms. The molecule has 2 saturated carbocycles. The molecule has 3 atom stereocenters. The van der Waals surface area contributed by atoms with Crippen molar-refractivity contribution in [1.29, 1.82) is 0 Å². The van der Waals surface area contributed by atoms with E-state index < -0.39 is 0 Å². The van der Waals surface area contributed by atoms with Gasteiger partial charge in [0.2, 0.25) is 0 Å². The zero-order valence-electron chi connectivity index (χ0n) is 12.7. The fraction of sp³-hybridized carbons (Fsp3) is 0.647. The number of hydrogen-bond donors (Lipinski definition) is 1. The highest BCUT2D eigenvalue weighted by Crippen LogP contribution is 2.63. The molecule has 20 heavy (non-hydrogen) atoms. The van der Waals surface area contributed by atoms with Crippen molar-refractivity contribution in [2.24, 2.45) is 16.7 Å². The van der Waals surface area contributed by atoms with Crippen LogP contribution in [0.15, 0.2) is 12.1 Å². The van der Waals surface area contributed by atoms with E-state index in [4.69, 9.17) is 23.2 Å². The van der Waals surface area contributed by atoms with Gasteiger partial charge in [-0.25, -0.2) is 0 Å². The number of halogens is 2. The molecule has 0 heterocycles. The van der Waals surface area contributed by atoms with Crippen molar-refractivity contribution in [3.63, 3.8) is 0 Å². The van der Waals surface area contributed by atoms with E-state index in [-0.39, 0.29) is 0 Å². The van der Waals surface area contributed by atoms with Gasteiger partial charge < -0.3 is 5.32 Å². The molecule has 3 rings (SSSR count). The molecule has 110 valence electrons. The van der Waals surface area contributed by atoms with Crippen LogP contribution in [0.25, 0.3) is 0 Å². The smallest absolute Gasteiger partial charge is 0.0641 e. The van der Waals surface area contributed by atoms with Gasteiger partial charge in [0.15, 0.2) is 0 Å². The van der Waals surface area contributed by atoms with Gasteiger partial charge in [0.05, 0.1) is 10.7 Å². The minimum Gasteiger partial charge on any atom is -0.380 e. The van der Waals surface area contributed by atoms with Gasteiger partial charge in [-0.1, -0.05) is 44.0 Å². The van der Waals surface area contributed by atoms with Crippen LogP contribution in [0, 0.1) is 23.7 Å². The first-order valence-electron chi connectivity index (χ1n) is 7.46. The largest absolute Gasteiger partial charge is 0.380 e. The van der Waals surface area contributed by atoms with Crippen molar-refractivity contribution in [2.75, 3.05) is 5.32 Å². The lowest BCUT2D eigenvalue weighted by atomic mass is 9.68. The van der Waals surface area contributed by atoms with Crippen LogP contribution in [0.5, 0.6) is 0 Å². The van der Waals surface area contributed by atoms with Gasteiger partial charge in [-0.2, -0.15) is 0 Å². The third kappa shape index (κ3) is 2.05. The number of aryl methyl sites for hydroxylation is 1. The lowest BCUT2D eigenvalue weighted by Gasteiger charge is -2.43. The molecule has 0 radical (unpaired) electrons. The molecule has 3 heteroatoms. The van der Waals surface area contributed by atoms with E-state index in [2.05, 4.69) is 26.1 Å². The van der Waals surface area contributed by atoms with E-state index in [9.17, 15) is 0 Å². The maximum Gasteiger partial charge on any atom is 0.0641 e. The minimum absolute atomic E-state index is 0.313. The van der Waals surface area contributed by atoms with Crippen LogP contribution in [0.1, 0.15) is 45.6 Å². The van der Waals surface area contributed by atoms with E-state index >= 15 is 0 Å². The molecule has 2 fully saturated rings. The summed E-state index contributed by atoms with van der Waals surface area (Å²) >= 11 is 12.7. The monoisotopic (exact) mass is 311 g/mol. The fourth-order valence-electron chi connectivity index (χ4n) is 4.57. The predicted octanol–water partition coefficient (Wildman–Crippen LogP) is 5.93. The van der Waals surface area contributed by atoms with Crippen molar-refractivity contribution >= 4 is 28.9 Å². The molecule has 0 aromatic heterocycles. The summed E-state index contributed by atoms with van der Waals surface area (Å²) in [5, 5.41) is 5.28. The Morgan fingerprint density at radius 3 is 2.45 bits per heavy atom. The summed E-state index contributed by atoms with van der Waals surface area (Å²) in [5.74, 6) is 0.824. The molecule has 3 unspecified atom stereocenters. The van der Waals surface area contributed by atoms with Crippen molar-refractivity contribution in [2.45, 2.75) is 53.0 Å². The third-order valence-electron chi connectivity index (χ3n) is 5.82. The molecule has 2 aliphatic rings. The van der Waals surface area contributed by atoms with Crippen LogP contribution in [0.3, 0.4) is 0 Å². The highest BCUT2D eigenvalue weighted by atomic mass is 35.5. The molecular formula is C17H23Cl2N. The summed E-state index contributed by atoms with van der Waals surface area (Å²) in [4.78, 5) is 0. The van der Waals surface area contributed by atoms with Gasteiger partial charge in [-0.15, -0.1) is 0 Å². The van der Waals surface area contributed by atoms with Gasteiger partial charge in [-0.05, 0) is 60.6 Å². The van der Waals surface area contributed by atoms with Crippen LogP contribution < -0.4 is 5.32 Å². The standard InChI is InChI=1S/C17H23Cl2N/c1-10-7-13(19)14(8-12(10)18)20-15-16(2,3)11-5-6-17(15,4)9-11/h7-8,11,15,20H,5-6,9H2,1-4H3. The molecular weight excluding hydrogens is 289 g/mol. The second kappa shape index (κ2) is 4.55. The quantitative estimate of drug-likeness (QED) is 0.714. The Balaban J connectivity index is 1.93. The Labute approximate surface area is 132 Å². The molecule has 0 saturated heterocycles. The number of benzene rings is 1. The maximum absolute atomic E-state index is 6.40. The lowest BCUT2D eigenvalue weighted by molar-refractivity contribution is 0.155. The van der Waals surface area contributed by atoms with Crippen molar-refractivity contribution in [3.8, 4) is 0 Å². The van der Waals surface area contributed by atoms with Crippen LogP contribution >= 0.6 is 23.2 Å². The molecule has 1 aromatic rings. The lowest BCUT2D eigenvalue weighted by Crippen LogP contribution is -2.45. The van der Waals surface area contributed by atoms with Gasteiger partial charge in [0.1, 0.15) is 0 Å². The molecule has 2 bridgehead atoms. The SMILES string of the molecule is Cc1cc(Cl)c(NC2C3(C)CCC(C3)C2(C)C)cc1Cl. The van der Waals surface area contributed by atoms with Crippen molar-refractivity contribution in [3.05, 3.63) is 27.7 Å². The van der Waals surface area contributed by atoms with Crippen LogP contribution in [-0.2, 0) is 0 Å². The Hall–Kier alpha value is -0.400. The van der Waals surface area contributed by atoms with Crippen LogP contribution in [0.2, 0.25) is 10.0 Å². The fourth-order valence-corrected chi connectivity index (χ4v) is 5.01. The summed E-state index contributed by atoms with van der Waals surface area (Å²) in [6.07, 6.45) is 4.01. The van der Waals surface area contributed by atoms with Gasteiger partial charge >= 0.3 is 0 Å². The van der Waals surface area contributed by atoms with E-state index in [0.717, 1.165) is 27.2 Å². The maximum atomic E-state index is 6.40. The van der Waals surface area contributed by atoms with Gasteiger partial charge in [-0.3, -0.25) is 0 Å². The third-order valence-corrected chi connectivity index (χ3v) is 6.54. The van der Waals surface area contributed by atoms with E-state index in [1.807, 2.05) is 19.1 Å². The Bertz CT molecular complexity index is 547. The van der Waals surface area contributed by atoms with Crippen LogP contribution in [0.4, 0.5) is 5.69 Å². The summed E-state index contributed by atoms with van der Waals surface area (Å²) in [6, 6.07) is 4.39. The first kappa shape index (κ1) is 14.5. The van der Waals surface area contributed by atoms with E-state index in [1.165, 1.54) is 19.3 Å². The van der Waals surface area contributed by atoms with E-state index in [1.54, 1.807) is 0 Å². The molecule has 1 N–H and O–H groups in total. The molecule has 0 aliphatic heterocycles. The van der Waals surface area contributed by atoms with Crippen LogP contribution in [-0.4, -0.2) is 6.04 Å². The summed E-state index contributed by atoms with van der Waals surface area (Å²) in [6.45, 7) is 9.19. The highest BCUT2D eigenvalue weighted by molar-refractivity contribution is 6.35. The predicted molar refractivity (Wildman–Crippen MR) is 87.8 cm³/mol. The number of rotatable bonds is 2. The topological polar surface area (TPSA) is 12.0 Å². The average Bonchev–Trinajstić information content (AvgIpc) is 2.82. The van der Waals surface area contributed by atoms with Crippen molar-refractivity contribution < 1.29 is 0 Å². The minimum atomic E-state index is 0.313. The normalized spacial score (nSPS) is 34.5. The van der Waals surface area contributed by atoms with Gasteiger partial charge in [0.25, 0.3) is 0 Å². The molecule has 1 nitrogen and oxygen atoms in total. The first-order chi connectivity index (χ1) is 9.24. The number of anilines is 1. The summed E-state index contributed by atoms with van der Waals surface area (Å²) in [7, 11) is 0. The zero-order chi connectivity index (χ0) is 14.7. The van der Waals surface area contributed by atoms with Gasteiger partial charge in [0, 0.05) is 11.1 Å². The average molecular weight is 312 g/mol. The van der Waals surface area contributed by atoms with E-state index in [0.29, 0.717) is 16.9 Å². The van der Waals surface area contributed by atoms with Crippen molar-refractivity contribution in [1.82, 2.24) is 0 Å². The number of nitrogens with one attached hydrogen (secondary N) is 1. The molecule has 2 aliphatic carbocycles. The Kier molecular flexibility index (Phi) is 3.30. The Morgan fingerprint density at radius 2 is 1.85 bits per heavy atom. The number of fused-ring (bicyclic) bond motifs is 2. The number of hydrogen-bond acceptors (Lipinski definition) is 1. The molecule has 0 amide bonds.